The number of aliphatic hydroxyl groups excluding tert-OH is 1. The molecule has 58 heavy (non-hydrogen) atoms. The predicted octanol–water partition coefficient (Wildman–Crippen LogP) is 7.57. The van der Waals surface area contributed by atoms with Gasteiger partial charge in [0.25, 0.3) is 0 Å². The molecule has 1 aliphatic carbocycles. The summed E-state index contributed by atoms with van der Waals surface area (Å²) in [7, 11) is -4.85. The van der Waals surface area contributed by atoms with Crippen molar-refractivity contribution in [1.82, 2.24) is 14.6 Å². The first-order chi connectivity index (χ1) is 28.0. The molecule has 0 radical (unpaired) electrons. The number of halogens is 1. The van der Waals surface area contributed by atoms with E-state index in [4.69, 9.17) is 24.3 Å². The smallest absolute Gasteiger partial charge is 0.385 e. The highest BCUT2D eigenvalue weighted by atomic mass is 31.2. The molecule has 2 aliphatic rings. The van der Waals surface area contributed by atoms with Crippen LogP contribution in [0.25, 0.3) is 5.52 Å². The monoisotopic (exact) mass is 826 g/mol. The number of nitrogens with zero attached hydrogens (tertiary/aromatic N) is 5. The van der Waals surface area contributed by atoms with E-state index in [1.54, 1.807) is 6.07 Å². The van der Waals surface area contributed by atoms with Gasteiger partial charge in [0, 0.05) is 12.5 Å². The molecule has 318 valence electrons. The van der Waals surface area contributed by atoms with Crippen LogP contribution in [0, 0.1) is 34.4 Å². The van der Waals surface area contributed by atoms with Gasteiger partial charge in [-0.05, 0) is 55.2 Å². The van der Waals surface area contributed by atoms with Gasteiger partial charge in [-0.3, -0.25) is 9.05 Å². The van der Waals surface area contributed by atoms with Crippen molar-refractivity contribution in [1.29, 1.82) is 10.5 Å². The number of phosphoric acid groups is 1. The van der Waals surface area contributed by atoms with Crippen LogP contribution in [-0.2, 0) is 35.1 Å². The number of phosphoric ester groups is 1. The van der Waals surface area contributed by atoms with E-state index in [1.165, 1.54) is 113 Å². The Bertz CT molecular complexity index is 1900. The van der Waals surface area contributed by atoms with Gasteiger partial charge in [0.1, 0.15) is 42.0 Å². The van der Waals surface area contributed by atoms with Crippen molar-refractivity contribution < 1.29 is 42.6 Å². The van der Waals surface area contributed by atoms with Crippen LogP contribution in [0.1, 0.15) is 133 Å². The molecule has 7 atom stereocenters. The van der Waals surface area contributed by atoms with E-state index >= 15 is 0 Å². The lowest BCUT2D eigenvalue weighted by Crippen LogP contribution is -2.47. The number of nitrogen functional groups attached to an aromatic ring is 1. The summed E-state index contributed by atoms with van der Waals surface area (Å²) in [6, 6.07) is 11.0. The maximum absolute atomic E-state index is 14.1. The maximum Gasteiger partial charge on any atom is 0.472 e. The Kier molecular flexibility index (Phi) is 17.0. The summed E-state index contributed by atoms with van der Waals surface area (Å²) in [5.41, 5.74) is 2.83. The van der Waals surface area contributed by atoms with Gasteiger partial charge < -0.3 is 30.3 Å². The minimum atomic E-state index is -4.85. The number of benzene rings is 1. The van der Waals surface area contributed by atoms with Crippen molar-refractivity contribution in [3.63, 3.8) is 0 Å². The second-order valence-corrected chi connectivity index (χ2v) is 17.3. The molecular weight excluding hydrogens is 766 g/mol. The lowest BCUT2D eigenvalue weighted by molar-refractivity contribution is -0.106. The molecule has 2 unspecified atom stereocenters. The topological polar surface area (TPSA) is 218 Å². The lowest BCUT2D eigenvalue weighted by Gasteiger charge is -2.29. The van der Waals surface area contributed by atoms with Crippen LogP contribution in [0.5, 0.6) is 0 Å². The number of anilines is 1. The summed E-state index contributed by atoms with van der Waals surface area (Å²) in [4.78, 5) is 14.6. The number of unbranched alkanes of at least 4 members (excludes halogenated alkanes) is 15. The number of fused-ring (bicyclic) bond motifs is 2. The fraction of sp³-hybridized carbons (Fsp3) is 0.667. The summed E-state index contributed by atoms with van der Waals surface area (Å²) in [5, 5.41) is 46.1. The van der Waals surface area contributed by atoms with Crippen LogP contribution in [0.15, 0.2) is 36.7 Å². The van der Waals surface area contributed by atoms with Crippen LogP contribution >= 0.6 is 7.82 Å². The van der Waals surface area contributed by atoms with Crippen molar-refractivity contribution in [2.24, 2.45) is 5.92 Å². The number of ether oxygens (including phenoxy) is 2. The van der Waals surface area contributed by atoms with Crippen molar-refractivity contribution in [3.8, 4) is 12.1 Å². The summed E-state index contributed by atoms with van der Waals surface area (Å²) in [6.45, 7) is 2.68. The molecule has 16 heteroatoms. The number of aromatic nitrogens is 3. The van der Waals surface area contributed by atoms with E-state index in [0.29, 0.717) is 30.5 Å². The molecule has 1 aromatic carbocycles. The second-order valence-electron chi connectivity index (χ2n) is 15.9. The van der Waals surface area contributed by atoms with E-state index < -0.39 is 49.1 Å². The van der Waals surface area contributed by atoms with Crippen LogP contribution in [0.4, 0.5) is 10.2 Å². The van der Waals surface area contributed by atoms with Crippen LogP contribution in [0.2, 0.25) is 0 Å². The Balaban J connectivity index is 1.05. The van der Waals surface area contributed by atoms with E-state index in [-0.39, 0.29) is 30.3 Å². The minimum Gasteiger partial charge on any atom is -0.385 e. The Morgan fingerprint density at radius 2 is 1.62 bits per heavy atom. The zero-order valence-electron chi connectivity index (χ0n) is 33.6. The Labute approximate surface area is 341 Å². The standard InChI is InChI=1S/C42H60FN6O8P/c1-2-3-4-5-6-7-8-9-10-11-12-13-14-15-16-17-22-54-27-32(19-18-31-23-33(26-44)25-34(43)24-31)28-55-58(52,53)57-38-37-42(38,51)40(50)41(29-45,56-37)36-21-20-35-39(46)47-30-48-49(35)36/h20-21,23-25,30,32,37-38,40,50-51H,2-19,22,27-28H2,1H3,(H,52,53)(H2,46,47,48)/t32-,37-,38?,40+,41+,42+/m1/s1. The first-order valence-corrected chi connectivity index (χ1v) is 22.5. The van der Waals surface area contributed by atoms with Crippen LogP contribution in [-0.4, -0.2) is 73.4 Å². The molecule has 1 saturated heterocycles. The highest BCUT2D eigenvalue weighted by Crippen LogP contribution is 2.63. The Morgan fingerprint density at radius 3 is 2.21 bits per heavy atom. The summed E-state index contributed by atoms with van der Waals surface area (Å²) < 4.78 is 51.1. The first kappa shape index (κ1) is 45.6. The molecule has 5 N–H and O–H groups in total. The Hall–Kier alpha value is -3.50. The van der Waals surface area contributed by atoms with Gasteiger partial charge in [-0.25, -0.2) is 18.5 Å². The molecule has 2 fully saturated rings. The quantitative estimate of drug-likeness (QED) is 0.0411. The van der Waals surface area contributed by atoms with Gasteiger partial charge in [-0.2, -0.15) is 15.6 Å². The molecular formula is C42H60FN6O8P. The van der Waals surface area contributed by atoms with E-state index in [2.05, 4.69) is 17.0 Å². The maximum atomic E-state index is 14.1. The lowest BCUT2D eigenvalue weighted by atomic mass is 9.90. The van der Waals surface area contributed by atoms with Crippen molar-refractivity contribution in [2.75, 3.05) is 25.6 Å². The molecule has 5 rings (SSSR count). The number of rotatable bonds is 28. The van der Waals surface area contributed by atoms with Crippen molar-refractivity contribution in [2.45, 2.75) is 152 Å². The zero-order chi connectivity index (χ0) is 41.6. The molecule has 3 heterocycles. The van der Waals surface area contributed by atoms with E-state index in [9.17, 15) is 34.6 Å². The highest BCUT2D eigenvalue weighted by molar-refractivity contribution is 7.47. The summed E-state index contributed by atoms with van der Waals surface area (Å²) >= 11 is 0. The van der Waals surface area contributed by atoms with E-state index in [1.807, 2.05) is 12.1 Å². The zero-order valence-corrected chi connectivity index (χ0v) is 34.5. The number of aryl methyl sites for hydroxylation is 1. The minimum absolute atomic E-state index is 0.0806. The highest BCUT2D eigenvalue weighted by Gasteiger charge is 2.83. The number of nitriles is 2. The number of aliphatic hydroxyl groups is 2. The van der Waals surface area contributed by atoms with Gasteiger partial charge in [-0.1, -0.05) is 103 Å². The average molecular weight is 827 g/mol. The fourth-order valence-electron chi connectivity index (χ4n) is 7.93. The molecule has 1 aliphatic heterocycles. The van der Waals surface area contributed by atoms with Gasteiger partial charge in [0.2, 0.25) is 5.60 Å². The average Bonchev–Trinajstić information content (AvgIpc) is 3.44. The third-order valence-corrected chi connectivity index (χ3v) is 12.4. The molecule has 0 bridgehead atoms. The molecule has 3 aromatic rings. The largest absolute Gasteiger partial charge is 0.472 e. The third-order valence-electron chi connectivity index (χ3n) is 11.4. The summed E-state index contributed by atoms with van der Waals surface area (Å²) in [5.74, 6) is -0.821. The second kappa shape index (κ2) is 21.7. The molecule has 0 amide bonds. The van der Waals surface area contributed by atoms with E-state index in [0.717, 1.165) is 25.3 Å². The van der Waals surface area contributed by atoms with Crippen LogP contribution in [0.3, 0.4) is 0 Å². The molecule has 2 aromatic heterocycles. The number of hydrogen-bond donors (Lipinski definition) is 4. The Morgan fingerprint density at radius 1 is 0.983 bits per heavy atom. The van der Waals surface area contributed by atoms with Crippen LogP contribution < -0.4 is 5.73 Å². The first-order valence-electron chi connectivity index (χ1n) is 21.0. The van der Waals surface area contributed by atoms with Crippen molar-refractivity contribution in [3.05, 3.63) is 59.3 Å². The van der Waals surface area contributed by atoms with Gasteiger partial charge >= 0.3 is 7.82 Å². The van der Waals surface area contributed by atoms with Crippen molar-refractivity contribution >= 4 is 19.2 Å². The number of nitrogens with two attached hydrogens (primary N) is 1. The number of hydrogen-bond acceptors (Lipinski definition) is 12. The third kappa shape index (κ3) is 11.6. The van der Waals surface area contributed by atoms with Gasteiger partial charge in [-0.15, -0.1) is 0 Å². The molecule has 0 spiro atoms. The SMILES string of the molecule is CCCCCCCCCCCCCCCCCCOC[C@@H](CCc1cc(F)cc(C#N)c1)COP(=O)(O)OC1[C@H]2O[C@@](C#N)(c3ccc4c(N)ncnn34)[C@H](O)[C@@]12O. The fourth-order valence-corrected chi connectivity index (χ4v) is 8.95. The molecule has 14 nitrogen and oxygen atoms in total. The molecule has 1 saturated carbocycles. The van der Waals surface area contributed by atoms with Gasteiger partial charge in [0.05, 0.1) is 30.5 Å². The summed E-state index contributed by atoms with van der Waals surface area (Å²) in [6.07, 6.45) is 17.4. The van der Waals surface area contributed by atoms with Gasteiger partial charge in [0.15, 0.2) is 11.4 Å². The predicted molar refractivity (Wildman–Crippen MR) is 214 cm³/mol. The normalized spacial score (nSPS) is 23.9.